The molecule has 0 aromatic carbocycles. The van der Waals surface area contributed by atoms with Crippen LogP contribution in [0.3, 0.4) is 0 Å². The van der Waals surface area contributed by atoms with Gasteiger partial charge >= 0.3 is 0 Å². The first kappa shape index (κ1) is 12.9. The number of hydrogen-bond acceptors (Lipinski definition) is 0. The molecule has 0 N–H and O–H groups in total. The monoisotopic (exact) mass is 152 g/mol. The van der Waals surface area contributed by atoms with Gasteiger partial charge in [-0.2, -0.15) is 0 Å². The third kappa shape index (κ3) is 12.4. The molecule has 0 amide bonds. The average Bonchev–Trinajstić information content (AvgIpc) is 2.04. The molecule has 0 atom stereocenters. The predicted molar refractivity (Wildman–Crippen MR) is 54.7 cm³/mol. The van der Waals surface area contributed by atoms with Crippen LogP contribution in [0.4, 0.5) is 0 Å². The van der Waals surface area contributed by atoms with Crippen molar-refractivity contribution in [2.45, 2.75) is 34.6 Å². The van der Waals surface area contributed by atoms with Crippen LogP contribution in [-0.2, 0) is 0 Å². The zero-order valence-corrected chi connectivity index (χ0v) is 8.44. The summed E-state index contributed by atoms with van der Waals surface area (Å²) in [7, 11) is 0. The second kappa shape index (κ2) is 9.22. The molecule has 0 aliphatic rings. The molecule has 0 nitrogen and oxygen atoms in total. The van der Waals surface area contributed by atoms with Crippen LogP contribution in [-0.4, -0.2) is 0 Å². The lowest BCUT2D eigenvalue weighted by molar-refractivity contribution is 1.45. The Morgan fingerprint density at radius 2 is 1.55 bits per heavy atom. The Bertz CT molecular complexity index is 147. The maximum absolute atomic E-state index is 3.75. The molecule has 0 spiro atoms. The van der Waals surface area contributed by atoms with E-state index in [9.17, 15) is 0 Å². The van der Waals surface area contributed by atoms with E-state index in [2.05, 4.69) is 25.7 Å². The lowest BCUT2D eigenvalue weighted by Gasteiger charge is -1.86. The van der Waals surface area contributed by atoms with Crippen LogP contribution >= 0.6 is 0 Å². The second-order valence-corrected chi connectivity index (χ2v) is 2.21. The van der Waals surface area contributed by atoms with Crippen molar-refractivity contribution in [2.24, 2.45) is 0 Å². The van der Waals surface area contributed by atoms with Crippen LogP contribution in [0.15, 0.2) is 36.0 Å². The van der Waals surface area contributed by atoms with E-state index in [1.807, 2.05) is 33.8 Å². The molecule has 0 aromatic heterocycles. The molecule has 0 aromatic rings. The van der Waals surface area contributed by atoms with Crippen molar-refractivity contribution in [1.82, 2.24) is 0 Å². The summed E-state index contributed by atoms with van der Waals surface area (Å²) in [4.78, 5) is 0. The summed E-state index contributed by atoms with van der Waals surface area (Å²) in [6.07, 6.45) is 6.14. The fourth-order valence-corrected chi connectivity index (χ4v) is 0.370. The molecule has 0 unspecified atom stereocenters. The average molecular weight is 152 g/mol. The molecule has 0 fully saturated rings. The van der Waals surface area contributed by atoms with Crippen LogP contribution in [0.25, 0.3) is 0 Å². The van der Waals surface area contributed by atoms with Gasteiger partial charge in [0.25, 0.3) is 0 Å². The van der Waals surface area contributed by atoms with Crippen molar-refractivity contribution in [2.75, 3.05) is 0 Å². The van der Waals surface area contributed by atoms with E-state index < -0.39 is 0 Å². The van der Waals surface area contributed by atoms with Gasteiger partial charge in [-0.3, -0.25) is 0 Å². The standard InChI is InChI=1S/C9H14.C2H6/c1-5-9(4)7-6-8(2)3;1-2/h5-7H,2H2,1,3-4H3;1-2H3/b7-6-,9-5-;. The fraction of sp³-hybridized carbons (Fsp3) is 0.455. The van der Waals surface area contributed by atoms with Gasteiger partial charge in [-0.25, -0.2) is 0 Å². The van der Waals surface area contributed by atoms with E-state index in [0.29, 0.717) is 0 Å². The molecular weight excluding hydrogens is 132 g/mol. The van der Waals surface area contributed by atoms with Gasteiger partial charge in [0.15, 0.2) is 0 Å². The minimum atomic E-state index is 1.09. The molecule has 0 radical (unpaired) electrons. The van der Waals surface area contributed by atoms with Gasteiger partial charge < -0.3 is 0 Å². The molecule has 0 saturated heterocycles. The van der Waals surface area contributed by atoms with E-state index in [4.69, 9.17) is 0 Å². The highest BCUT2D eigenvalue weighted by Gasteiger charge is 1.75. The lowest BCUT2D eigenvalue weighted by Crippen LogP contribution is -1.65. The van der Waals surface area contributed by atoms with Crippen molar-refractivity contribution in [1.29, 1.82) is 0 Å². The highest BCUT2D eigenvalue weighted by molar-refractivity contribution is 5.22. The van der Waals surface area contributed by atoms with Gasteiger partial charge in [-0.05, 0) is 20.8 Å². The van der Waals surface area contributed by atoms with Crippen LogP contribution in [0.2, 0.25) is 0 Å². The predicted octanol–water partition coefficient (Wildman–Crippen LogP) is 4.11. The van der Waals surface area contributed by atoms with E-state index in [0.717, 1.165) is 5.57 Å². The van der Waals surface area contributed by atoms with Gasteiger partial charge in [0, 0.05) is 0 Å². The van der Waals surface area contributed by atoms with Crippen molar-refractivity contribution in [3.63, 3.8) is 0 Å². The normalized spacial score (nSPS) is 10.8. The third-order valence-corrected chi connectivity index (χ3v) is 1.09. The Hall–Kier alpha value is -0.780. The maximum Gasteiger partial charge on any atom is -0.0401 e. The molecule has 0 heterocycles. The summed E-state index contributed by atoms with van der Waals surface area (Å²) < 4.78 is 0. The first-order valence-electron chi connectivity index (χ1n) is 4.13. The molecule has 11 heavy (non-hydrogen) atoms. The molecule has 0 rings (SSSR count). The summed E-state index contributed by atoms with van der Waals surface area (Å²) >= 11 is 0. The summed E-state index contributed by atoms with van der Waals surface area (Å²) in [5.74, 6) is 0. The lowest BCUT2D eigenvalue weighted by atomic mass is 10.2. The molecule has 0 saturated carbocycles. The van der Waals surface area contributed by atoms with Crippen molar-refractivity contribution >= 4 is 0 Å². The van der Waals surface area contributed by atoms with E-state index in [1.165, 1.54) is 5.57 Å². The maximum atomic E-state index is 3.75. The van der Waals surface area contributed by atoms with Crippen LogP contribution < -0.4 is 0 Å². The smallest absolute Gasteiger partial charge is 0.0401 e. The van der Waals surface area contributed by atoms with E-state index in [1.54, 1.807) is 0 Å². The summed E-state index contributed by atoms with van der Waals surface area (Å²) in [6, 6.07) is 0. The van der Waals surface area contributed by atoms with Crippen LogP contribution in [0.1, 0.15) is 34.6 Å². The fourth-order valence-electron chi connectivity index (χ4n) is 0.370. The van der Waals surface area contributed by atoms with Crippen LogP contribution in [0.5, 0.6) is 0 Å². The zero-order chi connectivity index (χ0) is 9.28. The van der Waals surface area contributed by atoms with E-state index in [-0.39, 0.29) is 0 Å². The van der Waals surface area contributed by atoms with Gasteiger partial charge in [-0.15, -0.1) is 0 Å². The molecule has 0 aliphatic carbocycles. The van der Waals surface area contributed by atoms with Gasteiger partial charge in [0.05, 0.1) is 0 Å². The Labute approximate surface area is 71.3 Å². The number of rotatable bonds is 2. The number of allylic oxidation sites excluding steroid dienone is 5. The topological polar surface area (TPSA) is 0 Å². The molecule has 0 heteroatoms. The minimum absolute atomic E-state index is 1.09. The highest BCUT2D eigenvalue weighted by atomic mass is 13.8. The Morgan fingerprint density at radius 3 is 1.82 bits per heavy atom. The van der Waals surface area contributed by atoms with Gasteiger partial charge in [0.1, 0.15) is 0 Å². The number of hydrogen-bond donors (Lipinski definition) is 0. The molecular formula is C11H20. The zero-order valence-electron chi connectivity index (χ0n) is 8.44. The first-order chi connectivity index (χ1) is 5.16. The quantitative estimate of drug-likeness (QED) is 0.522. The summed E-state index contributed by atoms with van der Waals surface area (Å²) in [5, 5.41) is 0. The van der Waals surface area contributed by atoms with Crippen molar-refractivity contribution in [3.8, 4) is 0 Å². The van der Waals surface area contributed by atoms with Crippen molar-refractivity contribution in [3.05, 3.63) is 36.0 Å². The Morgan fingerprint density at radius 1 is 1.09 bits per heavy atom. The van der Waals surface area contributed by atoms with Gasteiger partial charge in [0.2, 0.25) is 0 Å². The SMILES string of the molecule is C=C(C)/C=C\C(C)=C/C.CC. The van der Waals surface area contributed by atoms with Gasteiger partial charge in [-0.1, -0.05) is 49.8 Å². The minimum Gasteiger partial charge on any atom is -0.0961 e. The largest absolute Gasteiger partial charge is 0.0961 e. The summed E-state index contributed by atoms with van der Waals surface area (Å²) in [5.41, 5.74) is 2.37. The summed E-state index contributed by atoms with van der Waals surface area (Å²) in [6.45, 7) is 13.8. The highest BCUT2D eigenvalue weighted by Crippen LogP contribution is 1.97. The van der Waals surface area contributed by atoms with Crippen molar-refractivity contribution < 1.29 is 0 Å². The molecule has 0 aliphatic heterocycles. The molecule has 64 valence electrons. The van der Waals surface area contributed by atoms with Crippen LogP contribution in [0, 0.1) is 0 Å². The van der Waals surface area contributed by atoms with E-state index >= 15 is 0 Å². The third-order valence-electron chi connectivity index (χ3n) is 1.09. The Kier molecular flexibility index (Phi) is 10.8. The second-order valence-electron chi connectivity index (χ2n) is 2.21. The Balaban J connectivity index is 0. The first-order valence-corrected chi connectivity index (χ1v) is 4.13. The molecule has 0 bridgehead atoms.